The number of aryl methyl sites for hydroxylation is 4. The monoisotopic (exact) mass is 860 g/mol. The number of rotatable bonds is 11. The maximum Gasteiger partial charge on any atom is 0.291 e. The Balaban J connectivity index is 0.771. The van der Waals surface area contributed by atoms with Crippen LogP contribution in [0.2, 0.25) is 0 Å². The van der Waals surface area contributed by atoms with E-state index in [1.54, 1.807) is 35.7 Å². The van der Waals surface area contributed by atoms with Crippen LogP contribution in [0.15, 0.2) is 85.6 Å². The Labute approximate surface area is 368 Å². The van der Waals surface area contributed by atoms with Gasteiger partial charge in [0.05, 0.1) is 24.0 Å². The number of nitrogens with one attached hydrogen (secondary N) is 2. The number of fused-ring (bicyclic) bond motifs is 4. The molecule has 10 rings (SSSR count). The van der Waals surface area contributed by atoms with Gasteiger partial charge in [-0.05, 0) is 66.9 Å². The molecule has 4 aliphatic rings. The number of carbonyl (C=O) groups excluding carboxylic acids is 4. The first-order valence-electron chi connectivity index (χ1n) is 21.8. The van der Waals surface area contributed by atoms with Gasteiger partial charge in [-0.1, -0.05) is 60.7 Å². The summed E-state index contributed by atoms with van der Waals surface area (Å²) in [5.41, 5.74) is 5.21. The Morgan fingerprint density at radius 2 is 1.25 bits per heavy atom. The Morgan fingerprint density at radius 3 is 1.84 bits per heavy atom. The Bertz CT molecular complexity index is 2850. The molecule has 2 N–H and O–H groups in total. The van der Waals surface area contributed by atoms with Crippen molar-refractivity contribution in [3.63, 3.8) is 0 Å². The first-order chi connectivity index (χ1) is 31.1. The van der Waals surface area contributed by atoms with Crippen LogP contribution in [0, 0.1) is 0 Å². The largest absolute Gasteiger partial charge is 0.337 e. The van der Waals surface area contributed by atoms with Crippen LogP contribution < -0.4 is 20.4 Å². The number of hydrogen-bond donors (Lipinski definition) is 2. The first kappa shape index (κ1) is 40.6. The second-order valence-corrected chi connectivity index (χ2v) is 16.7. The molecule has 0 bridgehead atoms. The van der Waals surface area contributed by atoms with Gasteiger partial charge in [-0.15, -0.1) is 16.8 Å². The van der Waals surface area contributed by atoms with Gasteiger partial charge < -0.3 is 10.6 Å². The summed E-state index contributed by atoms with van der Waals surface area (Å²) in [6.45, 7) is 4.81. The summed E-state index contributed by atoms with van der Waals surface area (Å²) in [4.78, 5) is 66.1. The maximum absolute atomic E-state index is 13.8. The highest BCUT2D eigenvalue weighted by Gasteiger charge is 2.36. The summed E-state index contributed by atoms with van der Waals surface area (Å²) in [6, 6.07) is 18.4. The third-order valence-corrected chi connectivity index (χ3v) is 12.8. The molecule has 64 heavy (non-hydrogen) atoms. The molecule has 18 heteroatoms. The number of anilines is 2. The van der Waals surface area contributed by atoms with E-state index in [9.17, 15) is 19.2 Å². The molecule has 0 radical (unpaired) electrons. The third-order valence-electron chi connectivity index (χ3n) is 12.8. The average molecular weight is 861 g/mol. The number of benzene rings is 2. The predicted octanol–water partition coefficient (Wildman–Crippen LogP) is 3.65. The smallest absolute Gasteiger partial charge is 0.291 e. The van der Waals surface area contributed by atoms with Gasteiger partial charge in [-0.2, -0.15) is 10.2 Å². The fraction of sp³-hybridized carbons (Fsp3) is 0.348. The average Bonchev–Trinajstić information content (AvgIpc) is 4.16. The zero-order valence-corrected chi connectivity index (χ0v) is 35.7. The van der Waals surface area contributed by atoms with E-state index >= 15 is 0 Å². The number of allylic oxidation sites excluding steroid dienone is 2. The van der Waals surface area contributed by atoms with Crippen LogP contribution in [-0.4, -0.2) is 98.9 Å². The van der Waals surface area contributed by atoms with Crippen molar-refractivity contribution in [1.82, 2.24) is 59.7 Å². The van der Waals surface area contributed by atoms with Gasteiger partial charge in [0.1, 0.15) is 35.4 Å². The second-order valence-electron chi connectivity index (χ2n) is 16.7. The normalized spacial score (nSPS) is 20.4. The van der Waals surface area contributed by atoms with Crippen molar-refractivity contribution >= 4 is 41.3 Å². The van der Waals surface area contributed by atoms with Crippen molar-refractivity contribution in [3.05, 3.63) is 137 Å². The SMILES string of the molecule is C=CCc1ccccc1[C@@H]1CCc2nc(C(=O)N[C@H]3CCn4nc(/C=C/Cc5ccccc5[C@H]5CCc6nc(C(=O)N[C@H]7CCn8nccc8N(C)C7=O)nn65)cc4N(C)C3=O)nn21. The van der Waals surface area contributed by atoms with Gasteiger partial charge in [0.2, 0.25) is 11.6 Å². The standard InChI is InChI=1S/C46H48N14O4/c1-4-10-28-11-5-7-15-31(28)35-17-19-37-50-42(53-59(35)37)44(62)49-34-23-26-58-40(56(3)46(34)64)27-30(52-58)14-9-13-29-12-6-8-16-32(29)36-18-20-38-51-41(54-60(36)38)43(61)48-33-22-25-57-39(21-24-47-57)55(2)45(33)63/h4-9,11-12,14-16,21,24,27,33-36H,1,10,13,17-20,22-23,25-26H2,2-3H3,(H,48,61)(H,49,62)/b14-9+/t33-,34-,35-,36+/m0/s1. The Kier molecular flexibility index (Phi) is 10.6. The van der Waals surface area contributed by atoms with Crippen LogP contribution in [0.3, 0.4) is 0 Å². The molecule has 18 nitrogen and oxygen atoms in total. The molecule has 4 amide bonds. The molecular weight excluding hydrogens is 813 g/mol. The molecule has 0 unspecified atom stereocenters. The highest BCUT2D eigenvalue weighted by molar-refractivity contribution is 6.01. The van der Waals surface area contributed by atoms with E-state index in [0.717, 1.165) is 47.6 Å². The van der Waals surface area contributed by atoms with E-state index < -0.39 is 23.9 Å². The summed E-state index contributed by atoms with van der Waals surface area (Å²) < 4.78 is 7.23. The number of hydrogen-bond acceptors (Lipinski definition) is 10. The summed E-state index contributed by atoms with van der Waals surface area (Å²) in [7, 11) is 3.37. The van der Waals surface area contributed by atoms with Crippen molar-refractivity contribution in [2.45, 2.75) is 88.6 Å². The van der Waals surface area contributed by atoms with E-state index in [4.69, 9.17) is 5.10 Å². The molecule has 326 valence electrons. The van der Waals surface area contributed by atoms with Crippen molar-refractivity contribution in [2.24, 2.45) is 0 Å². The maximum atomic E-state index is 13.8. The van der Waals surface area contributed by atoms with Gasteiger partial charge in [0.15, 0.2) is 0 Å². The topological polar surface area (TPSA) is 196 Å². The van der Waals surface area contributed by atoms with Crippen molar-refractivity contribution in [3.8, 4) is 0 Å². The number of carbonyl (C=O) groups is 4. The van der Waals surface area contributed by atoms with Crippen molar-refractivity contribution in [2.75, 3.05) is 23.9 Å². The zero-order chi connectivity index (χ0) is 44.1. The molecule has 0 aliphatic carbocycles. The van der Waals surface area contributed by atoms with Crippen LogP contribution in [0.4, 0.5) is 11.6 Å². The number of likely N-dealkylation sites (N-methyl/N-ethyl adjacent to an activating group) is 2. The van der Waals surface area contributed by atoms with Crippen LogP contribution in [0.1, 0.15) is 98.6 Å². The number of aromatic nitrogens is 10. The van der Waals surface area contributed by atoms with E-state index in [-0.39, 0.29) is 35.5 Å². The molecule has 6 aromatic rings. The minimum atomic E-state index is -0.775. The summed E-state index contributed by atoms with van der Waals surface area (Å²) in [5.74, 6) is 1.46. The van der Waals surface area contributed by atoms with Gasteiger partial charge >= 0.3 is 0 Å². The van der Waals surface area contributed by atoms with E-state index in [1.807, 2.05) is 57.9 Å². The summed E-state index contributed by atoms with van der Waals surface area (Å²) >= 11 is 0. The number of nitrogens with zero attached hydrogens (tertiary/aromatic N) is 12. The molecule has 4 aromatic heterocycles. The lowest BCUT2D eigenvalue weighted by molar-refractivity contribution is -0.120. The molecule has 4 atom stereocenters. The minimum absolute atomic E-state index is 0.0192. The highest BCUT2D eigenvalue weighted by Crippen LogP contribution is 2.34. The summed E-state index contributed by atoms with van der Waals surface area (Å²) in [5, 5.41) is 24.1. The molecule has 0 fully saturated rings. The van der Waals surface area contributed by atoms with Crippen LogP contribution >= 0.6 is 0 Å². The van der Waals surface area contributed by atoms with E-state index in [2.05, 4.69) is 66.7 Å². The van der Waals surface area contributed by atoms with Crippen molar-refractivity contribution in [1.29, 1.82) is 0 Å². The highest BCUT2D eigenvalue weighted by atomic mass is 16.2. The quantitative estimate of drug-likeness (QED) is 0.182. The Hall–Kier alpha value is -7.50. The fourth-order valence-electron chi connectivity index (χ4n) is 9.53. The minimum Gasteiger partial charge on any atom is -0.337 e. The molecular formula is C46H48N14O4. The van der Waals surface area contributed by atoms with Gasteiger partial charge in [0, 0.05) is 52.2 Å². The predicted molar refractivity (Wildman–Crippen MR) is 236 cm³/mol. The van der Waals surface area contributed by atoms with Crippen LogP contribution in [0.25, 0.3) is 6.08 Å². The molecule has 2 aromatic carbocycles. The lowest BCUT2D eigenvalue weighted by Gasteiger charge is -2.20. The summed E-state index contributed by atoms with van der Waals surface area (Å²) in [6.07, 6.45) is 12.6. The van der Waals surface area contributed by atoms with Gasteiger partial charge in [-0.3, -0.25) is 29.0 Å². The lowest BCUT2D eigenvalue weighted by Crippen LogP contribution is -2.47. The molecule has 0 saturated carbocycles. The van der Waals surface area contributed by atoms with Gasteiger partial charge in [0.25, 0.3) is 23.6 Å². The Morgan fingerprint density at radius 1 is 0.703 bits per heavy atom. The van der Waals surface area contributed by atoms with E-state index in [0.29, 0.717) is 62.5 Å². The third kappa shape index (κ3) is 7.37. The second kappa shape index (κ2) is 16.7. The molecule has 0 spiro atoms. The molecule has 4 aliphatic heterocycles. The van der Waals surface area contributed by atoms with Crippen LogP contribution in [0.5, 0.6) is 0 Å². The lowest BCUT2D eigenvalue weighted by atomic mass is 9.96. The molecule has 0 saturated heterocycles. The van der Waals surface area contributed by atoms with Crippen LogP contribution in [-0.2, 0) is 48.4 Å². The van der Waals surface area contributed by atoms with Crippen molar-refractivity contribution < 1.29 is 19.2 Å². The first-order valence-corrected chi connectivity index (χ1v) is 21.8. The van der Waals surface area contributed by atoms with E-state index in [1.165, 1.54) is 15.4 Å². The zero-order valence-electron chi connectivity index (χ0n) is 35.7. The van der Waals surface area contributed by atoms with Gasteiger partial charge in [-0.25, -0.2) is 28.7 Å². The number of amides is 4. The fourth-order valence-corrected chi connectivity index (χ4v) is 9.53. The molecule has 8 heterocycles.